The number of hydrogen-bond acceptors (Lipinski definition) is 3. The van der Waals surface area contributed by atoms with E-state index in [4.69, 9.17) is 0 Å². The minimum Gasteiger partial charge on any atom is -0.321 e. The maximum atomic E-state index is 12.5. The Morgan fingerprint density at radius 1 is 1.47 bits per heavy atom. The van der Waals surface area contributed by atoms with Gasteiger partial charge >= 0.3 is 0 Å². The zero-order valence-corrected chi connectivity index (χ0v) is 10.3. The SMILES string of the molecule is CCc1cccc(-n2[c-]nc(F)n2)n1.[Ir]. The van der Waals surface area contributed by atoms with Crippen LogP contribution in [-0.2, 0) is 26.5 Å². The molecule has 0 unspecified atom stereocenters. The smallest absolute Gasteiger partial charge is 0.217 e. The van der Waals surface area contributed by atoms with Crippen LogP contribution in [0.15, 0.2) is 18.2 Å². The van der Waals surface area contributed by atoms with Crippen LogP contribution in [0.25, 0.3) is 5.82 Å². The molecule has 2 heterocycles. The van der Waals surface area contributed by atoms with E-state index in [2.05, 4.69) is 21.4 Å². The third-order valence-corrected chi connectivity index (χ3v) is 1.79. The third kappa shape index (κ3) is 2.67. The normalized spacial score (nSPS) is 9.73. The molecule has 0 saturated heterocycles. The van der Waals surface area contributed by atoms with Crippen LogP contribution in [0.4, 0.5) is 4.39 Å². The van der Waals surface area contributed by atoms with Crippen LogP contribution in [0.2, 0.25) is 0 Å². The molecule has 0 aromatic carbocycles. The van der Waals surface area contributed by atoms with Crippen LogP contribution in [0.5, 0.6) is 0 Å². The molecule has 0 amide bonds. The molecule has 2 aromatic heterocycles. The molecular weight excluding hydrogens is 375 g/mol. The first-order valence-electron chi connectivity index (χ1n) is 4.26. The molecule has 0 aliphatic carbocycles. The second kappa shape index (κ2) is 5.09. The molecule has 6 heteroatoms. The first kappa shape index (κ1) is 11.9. The molecule has 81 valence electrons. The van der Waals surface area contributed by atoms with Gasteiger partial charge in [0.25, 0.3) is 0 Å². The van der Waals surface area contributed by atoms with Crippen molar-refractivity contribution in [3.63, 3.8) is 0 Å². The average molecular weight is 383 g/mol. The number of pyridine rings is 1. The predicted octanol–water partition coefficient (Wildman–Crippen LogP) is 1.16. The van der Waals surface area contributed by atoms with E-state index in [1.54, 1.807) is 6.07 Å². The van der Waals surface area contributed by atoms with Crippen molar-refractivity contribution in [1.82, 2.24) is 19.7 Å². The number of aryl methyl sites for hydroxylation is 1. The summed E-state index contributed by atoms with van der Waals surface area (Å²) in [6, 6.07) is 5.47. The summed E-state index contributed by atoms with van der Waals surface area (Å²) in [6.45, 7) is 2.00. The summed E-state index contributed by atoms with van der Waals surface area (Å²) in [4.78, 5) is 7.51. The van der Waals surface area contributed by atoms with Gasteiger partial charge in [-0.05, 0) is 12.5 Å². The maximum Gasteiger partial charge on any atom is 0.217 e. The van der Waals surface area contributed by atoms with E-state index >= 15 is 0 Å². The van der Waals surface area contributed by atoms with Gasteiger partial charge in [-0.2, -0.15) is 0 Å². The van der Waals surface area contributed by atoms with Crippen LogP contribution in [-0.4, -0.2) is 19.7 Å². The topological polar surface area (TPSA) is 43.6 Å². The fourth-order valence-electron chi connectivity index (χ4n) is 1.10. The quantitative estimate of drug-likeness (QED) is 0.731. The summed E-state index contributed by atoms with van der Waals surface area (Å²) < 4.78 is 13.7. The van der Waals surface area contributed by atoms with Crippen molar-refractivity contribution in [3.05, 3.63) is 36.3 Å². The molecule has 0 aliphatic heterocycles. The first-order valence-corrected chi connectivity index (χ1v) is 4.26. The summed E-state index contributed by atoms with van der Waals surface area (Å²) in [6.07, 6.45) is 2.42. The second-order valence-electron chi connectivity index (χ2n) is 2.73. The average Bonchev–Trinajstić information content (AvgIpc) is 2.65. The van der Waals surface area contributed by atoms with Crippen molar-refractivity contribution in [2.45, 2.75) is 13.3 Å². The monoisotopic (exact) mass is 384 g/mol. The fraction of sp³-hybridized carbons (Fsp3) is 0.222. The van der Waals surface area contributed by atoms with E-state index in [-0.39, 0.29) is 20.1 Å². The number of aromatic nitrogens is 4. The Balaban J connectivity index is 0.00000112. The van der Waals surface area contributed by atoms with Crippen LogP contribution in [0.3, 0.4) is 0 Å². The zero-order valence-electron chi connectivity index (χ0n) is 7.94. The Bertz CT molecular complexity index is 443. The molecular formula is C9H8FIrN4-. The second-order valence-corrected chi connectivity index (χ2v) is 2.73. The van der Waals surface area contributed by atoms with Crippen LogP contribution in [0, 0.1) is 12.4 Å². The molecule has 0 saturated carbocycles. The molecule has 2 aromatic rings. The molecule has 2 rings (SSSR count). The van der Waals surface area contributed by atoms with Gasteiger partial charge < -0.3 is 9.67 Å². The van der Waals surface area contributed by atoms with Gasteiger partial charge in [0.15, 0.2) is 0 Å². The number of halogens is 1. The van der Waals surface area contributed by atoms with E-state index in [9.17, 15) is 4.39 Å². The number of nitrogens with zero attached hydrogens (tertiary/aromatic N) is 4. The Morgan fingerprint density at radius 3 is 2.87 bits per heavy atom. The molecule has 1 radical (unpaired) electrons. The summed E-state index contributed by atoms with van der Waals surface area (Å²) in [5.74, 6) is 0.528. The standard InChI is InChI=1S/C9H8FN4.Ir/c1-2-7-4-3-5-8(12-7)14-6-11-9(10)13-14;/h3-5H,2H2,1H3;/q-1;. The Labute approximate surface area is 99.9 Å². The molecule has 0 aliphatic rings. The van der Waals surface area contributed by atoms with E-state index in [1.165, 1.54) is 4.68 Å². The van der Waals surface area contributed by atoms with Crippen molar-refractivity contribution in [3.8, 4) is 5.82 Å². The Morgan fingerprint density at radius 2 is 2.27 bits per heavy atom. The summed E-state index contributed by atoms with van der Waals surface area (Å²) >= 11 is 0. The number of hydrogen-bond donors (Lipinski definition) is 0. The number of rotatable bonds is 2. The van der Waals surface area contributed by atoms with Gasteiger partial charge in [-0.1, -0.05) is 19.1 Å². The van der Waals surface area contributed by atoms with E-state index < -0.39 is 6.08 Å². The molecule has 0 N–H and O–H groups in total. The minimum absolute atomic E-state index is 0. The molecule has 0 spiro atoms. The van der Waals surface area contributed by atoms with Gasteiger partial charge in [0.2, 0.25) is 6.08 Å². The van der Waals surface area contributed by atoms with Gasteiger partial charge in [0.05, 0.1) is 5.82 Å². The van der Waals surface area contributed by atoms with Gasteiger partial charge in [0.1, 0.15) is 0 Å². The van der Waals surface area contributed by atoms with E-state index in [0.717, 1.165) is 12.1 Å². The van der Waals surface area contributed by atoms with Gasteiger partial charge in [0, 0.05) is 32.1 Å². The van der Waals surface area contributed by atoms with Crippen LogP contribution in [0.1, 0.15) is 12.6 Å². The Hall–Kier alpha value is -1.13. The van der Waals surface area contributed by atoms with E-state index in [0.29, 0.717) is 5.82 Å². The molecule has 15 heavy (non-hydrogen) atoms. The fourth-order valence-corrected chi connectivity index (χ4v) is 1.10. The summed E-state index contributed by atoms with van der Waals surface area (Å²) in [5, 5.41) is 3.48. The van der Waals surface area contributed by atoms with Crippen molar-refractivity contribution in [1.29, 1.82) is 0 Å². The first-order chi connectivity index (χ1) is 6.79. The van der Waals surface area contributed by atoms with Crippen LogP contribution < -0.4 is 0 Å². The molecule has 0 atom stereocenters. The third-order valence-electron chi connectivity index (χ3n) is 1.79. The van der Waals surface area contributed by atoms with Crippen molar-refractivity contribution < 1.29 is 24.5 Å². The van der Waals surface area contributed by atoms with Gasteiger partial charge in [-0.15, -0.1) is 0 Å². The van der Waals surface area contributed by atoms with Crippen molar-refractivity contribution >= 4 is 0 Å². The summed E-state index contributed by atoms with van der Waals surface area (Å²) in [5.41, 5.74) is 0.923. The van der Waals surface area contributed by atoms with Crippen LogP contribution >= 0.6 is 0 Å². The largest absolute Gasteiger partial charge is 0.321 e. The van der Waals surface area contributed by atoms with Crippen molar-refractivity contribution in [2.24, 2.45) is 0 Å². The molecule has 0 fully saturated rings. The minimum atomic E-state index is -0.797. The van der Waals surface area contributed by atoms with Gasteiger partial charge in [-0.3, -0.25) is 4.98 Å². The Kier molecular flexibility index (Phi) is 4.05. The predicted molar refractivity (Wildman–Crippen MR) is 47.3 cm³/mol. The summed E-state index contributed by atoms with van der Waals surface area (Å²) in [7, 11) is 0. The molecule has 0 bridgehead atoms. The molecule has 4 nitrogen and oxygen atoms in total. The zero-order chi connectivity index (χ0) is 9.97. The van der Waals surface area contributed by atoms with E-state index in [1.807, 2.05) is 19.1 Å². The van der Waals surface area contributed by atoms with Gasteiger partial charge in [-0.25, -0.2) is 9.49 Å². The van der Waals surface area contributed by atoms with Crippen molar-refractivity contribution in [2.75, 3.05) is 0 Å². The maximum absolute atomic E-state index is 12.5.